The maximum atomic E-state index is 10.0. The molecule has 1 atom stereocenters. The molecule has 0 aliphatic carbocycles. The summed E-state index contributed by atoms with van der Waals surface area (Å²) in [4.78, 5) is 10.0. The Morgan fingerprint density at radius 1 is 2.00 bits per heavy atom. The van der Waals surface area contributed by atoms with Crippen LogP contribution in [0.5, 0.6) is 0 Å². The topological polar surface area (TPSA) is 63.3 Å². The summed E-state index contributed by atoms with van der Waals surface area (Å²) in [7, 11) is 0. The highest BCUT2D eigenvalue weighted by atomic mass is 16.4. The number of rotatable bonds is 3. The molecule has 0 radical (unpaired) electrons. The molecule has 0 aromatic carbocycles. The molecule has 0 bridgehead atoms. The molecule has 0 saturated carbocycles. The van der Waals surface area contributed by atoms with Crippen molar-refractivity contribution in [2.24, 2.45) is 5.73 Å². The number of aliphatic carboxylic acids is 1. The second-order valence-corrected chi connectivity index (χ2v) is 2.28. The third-order valence-corrected chi connectivity index (χ3v) is 0.998. The molecule has 3 N–H and O–H groups in total. The summed E-state index contributed by atoms with van der Waals surface area (Å²) in [6.45, 7) is 5.02. The van der Waals surface area contributed by atoms with Crippen LogP contribution in [0, 0.1) is 0 Å². The van der Waals surface area contributed by atoms with Crippen LogP contribution in [0.25, 0.3) is 0 Å². The first kappa shape index (κ1) is 8.17. The van der Waals surface area contributed by atoms with Gasteiger partial charge in [0.15, 0.2) is 0 Å². The van der Waals surface area contributed by atoms with Crippen LogP contribution >= 0.6 is 0 Å². The van der Waals surface area contributed by atoms with E-state index in [4.69, 9.17) is 10.8 Å². The molecule has 3 nitrogen and oxygen atoms in total. The van der Waals surface area contributed by atoms with Gasteiger partial charge in [0.25, 0.3) is 0 Å². The number of hydrogen-bond donors (Lipinski definition) is 2. The average molecular weight is 129 g/mol. The van der Waals surface area contributed by atoms with Gasteiger partial charge < -0.3 is 10.8 Å². The van der Waals surface area contributed by atoms with Gasteiger partial charge in [-0.1, -0.05) is 6.08 Å². The minimum absolute atomic E-state index is 0.0729. The van der Waals surface area contributed by atoms with Crippen molar-refractivity contribution < 1.29 is 9.90 Å². The molecule has 0 aromatic heterocycles. The maximum Gasteiger partial charge on any atom is 0.305 e. The molecule has 3 heteroatoms. The summed E-state index contributed by atoms with van der Waals surface area (Å²) in [5, 5.41) is 8.25. The Labute approximate surface area is 54.2 Å². The van der Waals surface area contributed by atoms with E-state index in [9.17, 15) is 4.79 Å². The molecule has 52 valence electrons. The van der Waals surface area contributed by atoms with E-state index in [1.807, 2.05) is 0 Å². The molecular weight excluding hydrogens is 118 g/mol. The van der Waals surface area contributed by atoms with E-state index in [2.05, 4.69) is 6.58 Å². The molecule has 0 aliphatic rings. The van der Waals surface area contributed by atoms with Crippen LogP contribution in [0.3, 0.4) is 0 Å². The number of carboxylic acids is 1. The number of carboxylic acid groups (broad SMARTS) is 1. The first-order valence-corrected chi connectivity index (χ1v) is 2.62. The predicted molar refractivity (Wildman–Crippen MR) is 35.0 cm³/mol. The summed E-state index contributed by atoms with van der Waals surface area (Å²) in [6, 6.07) is 0. The molecule has 9 heavy (non-hydrogen) atoms. The fourth-order valence-corrected chi connectivity index (χ4v) is 0.398. The van der Waals surface area contributed by atoms with E-state index in [0.717, 1.165) is 0 Å². The van der Waals surface area contributed by atoms with Crippen LogP contribution in [0.15, 0.2) is 12.7 Å². The quantitative estimate of drug-likeness (QED) is 0.541. The summed E-state index contributed by atoms with van der Waals surface area (Å²) < 4.78 is 0. The van der Waals surface area contributed by atoms with E-state index < -0.39 is 11.5 Å². The van der Waals surface area contributed by atoms with Crippen molar-refractivity contribution >= 4 is 5.97 Å². The Balaban J connectivity index is 3.86. The van der Waals surface area contributed by atoms with Crippen molar-refractivity contribution in [3.8, 4) is 0 Å². The predicted octanol–water partition coefficient (Wildman–Crippen LogP) is 0.365. The molecule has 0 unspecified atom stereocenters. The zero-order valence-corrected chi connectivity index (χ0v) is 5.42. The largest absolute Gasteiger partial charge is 0.481 e. The van der Waals surface area contributed by atoms with Crippen molar-refractivity contribution in [1.29, 1.82) is 0 Å². The fraction of sp³-hybridized carbons (Fsp3) is 0.500. The molecule has 0 spiro atoms. The minimum atomic E-state index is -0.903. The van der Waals surface area contributed by atoms with Gasteiger partial charge in [-0.3, -0.25) is 4.79 Å². The summed E-state index contributed by atoms with van der Waals surface area (Å²) in [5.41, 5.74) is 4.65. The summed E-state index contributed by atoms with van der Waals surface area (Å²) in [5.74, 6) is -0.903. The van der Waals surface area contributed by atoms with Gasteiger partial charge >= 0.3 is 5.97 Å². The Morgan fingerprint density at radius 3 is 2.56 bits per heavy atom. The second kappa shape index (κ2) is 2.64. The maximum absolute atomic E-state index is 10.0. The molecule has 0 fully saturated rings. The van der Waals surface area contributed by atoms with Crippen LogP contribution in [0.4, 0.5) is 0 Å². The lowest BCUT2D eigenvalue weighted by Crippen LogP contribution is -2.35. The van der Waals surface area contributed by atoms with Gasteiger partial charge in [-0.25, -0.2) is 0 Å². The van der Waals surface area contributed by atoms with E-state index in [-0.39, 0.29) is 6.42 Å². The van der Waals surface area contributed by atoms with Crippen LogP contribution in [-0.2, 0) is 4.79 Å². The first-order chi connectivity index (χ1) is 3.98. The van der Waals surface area contributed by atoms with Crippen LogP contribution in [-0.4, -0.2) is 16.6 Å². The first-order valence-electron chi connectivity index (χ1n) is 2.62. The Hall–Kier alpha value is -0.830. The van der Waals surface area contributed by atoms with Crippen molar-refractivity contribution in [3.05, 3.63) is 12.7 Å². The van der Waals surface area contributed by atoms with Gasteiger partial charge in [0, 0.05) is 5.54 Å². The lowest BCUT2D eigenvalue weighted by atomic mass is 10.0. The molecule has 0 aromatic rings. The smallest absolute Gasteiger partial charge is 0.305 e. The van der Waals surface area contributed by atoms with E-state index >= 15 is 0 Å². The Morgan fingerprint density at radius 2 is 2.44 bits per heavy atom. The molecule has 0 rings (SSSR count). The zero-order chi connectivity index (χ0) is 7.49. The Bertz CT molecular complexity index is 129. The average Bonchev–Trinajstić information content (AvgIpc) is 1.63. The lowest BCUT2D eigenvalue weighted by Gasteiger charge is -2.15. The molecule has 0 saturated heterocycles. The van der Waals surface area contributed by atoms with Gasteiger partial charge in [-0.2, -0.15) is 0 Å². The molecule has 0 aliphatic heterocycles. The molecular formula is C6H11NO2. The normalized spacial score (nSPS) is 16.2. The highest BCUT2D eigenvalue weighted by molar-refractivity contribution is 5.68. The van der Waals surface area contributed by atoms with Crippen LogP contribution < -0.4 is 5.73 Å². The minimum Gasteiger partial charge on any atom is -0.481 e. The second-order valence-electron chi connectivity index (χ2n) is 2.28. The van der Waals surface area contributed by atoms with Crippen molar-refractivity contribution in [2.75, 3.05) is 0 Å². The van der Waals surface area contributed by atoms with Gasteiger partial charge in [0.05, 0.1) is 6.42 Å². The highest BCUT2D eigenvalue weighted by Crippen LogP contribution is 2.04. The van der Waals surface area contributed by atoms with Gasteiger partial charge in [0.2, 0.25) is 0 Å². The third kappa shape index (κ3) is 3.73. The third-order valence-electron chi connectivity index (χ3n) is 0.998. The highest BCUT2D eigenvalue weighted by Gasteiger charge is 2.16. The van der Waals surface area contributed by atoms with Crippen LogP contribution in [0.2, 0.25) is 0 Å². The van der Waals surface area contributed by atoms with Crippen LogP contribution in [0.1, 0.15) is 13.3 Å². The lowest BCUT2D eigenvalue weighted by molar-refractivity contribution is -0.137. The van der Waals surface area contributed by atoms with Gasteiger partial charge in [-0.15, -0.1) is 6.58 Å². The van der Waals surface area contributed by atoms with Crippen molar-refractivity contribution in [2.45, 2.75) is 18.9 Å². The number of hydrogen-bond acceptors (Lipinski definition) is 2. The van der Waals surface area contributed by atoms with E-state index in [0.29, 0.717) is 0 Å². The monoisotopic (exact) mass is 129 g/mol. The van der Waals surface area contributed by atoms with Crippen molar-refractivity contribution in [3.63, 3.8) is 0 Å². The Kier molecular flexibility index (Phi) is 2.40. The van der Waals surface area contributed by atoms with E-state index in [1.54, 1.807) is 6.92 Å². The fourth-order valence-electron chi connectivity index (χ4n) is 0.398. The van der Waals surface area contributed by atoms with E-state index in [1.165, 1.54) is 6.08 Å². The standard InChI is InChI=1S/C6H11NO2/c1-3-6(2,7)4-5(8)9/h3H,1,4,7H2,2H3,(H,8,9)/t6-/m1/s1. The molecule has 0 heterocycles. The number of nitrogens with two attached hydrogens (primary N) is 1. The zero-order valence-electron chi connectivity index (χ0n) is 5.42. The molecule has 0 amide bonds. The van der Waals surface area contributed by atoms with Gasteiger partial charge in [0.1, 0.15) is 0 Å². The number of carbonyl (C=O) groups is 1. The van der Waals surface area contributed by atoms with Crippen molar-refractivity contribution in [1.82, 2.24) is 0 Å². The van der Waals surface area contributed by atoms with Gasteiger partial charge in [-0.05, 0) is 6.92 Å². The summed E-state index contributed by atoms with van der Waals surface area (Å²) >= 11 is 0. The summed E-state index contributed by atoms with van der Waals surface area (Å²) in [6.07, 6.45) is 1.36. The SMILES string of the molecule is C=C[C@@](C)(N)CC(=O)O.